The van der Waals surface area contributed by atoms with Gasteiger partial charge in [0.2, 0.25) is 0 Å². The summed E-state index contributed by atoms with van der Waals surface area (Å²) in [5.74, 6) is 0. The first-order chi connectivity index (χ1) is 8.03. The number of alkyl carbamates (subject to hydrolysis) is 1. The highest BCUT2D eigenvalue weighted by atomic mass is 35.5. The van der Waals surface area contributed by atoms with E-state index in [9.17, 15) is 4.79 Å². The van der Waals surface area contributed by atoms with Gasteiger partial charge >= 0.3 is 6.09 Å². The number of hydrogen-bond donors (Lipinski definition) is 1. The largest absolute Gasteiger partial charge is 0.445 e. The summed E-state index contributed by atoms with van der Waals surface area (Å²) in [6.45, 7) is 3.92. The van der Waals surface area contributed by atoms with Crippen molar-refractivity contribution in [3.63, 3.8) is 0 Å². The molecule has 1 N–H and O–H groups in total. The average molecular weight is 254 g/mol. The summed E-state index contributed by atoms with van der Waals surface area (Å²) in [5, 5.41) is 2.70. The Bertz CT molecular complexity index is 388. The van der Waals surface area contributed by atoms with Crippen LogP contribution in [0, 0.1) is 0 Å². The van der Waals surface area contributed by atoms with E-state index in [1.165, 1.54) is 5.54 Å². The molecular weight excluding hydrogens is 238 g/mol. The molecule has 0 unspecified atom stereocenters. The molecule has 0 saturated heterocycles. The number of hydrogen-bond acceptors (Lipinski definition) is 2. The van der Waals surface area contributed by atoms with Crippen LogP contribution >= 0.6 is 11.6 Å². The minimum absolute atomic E-state index is 0.257. The monoisotopic (exact) mass is 253 g/mol. The van der Waals surface area contributed by atoms with Crippen molar-refractivity contribution in [2.45, 2.75) is 26.0 Å². The molecule has 0 aliphatic carbocycles. The van der Waals surface area contributed by atoms with Gasteiger partial charge in [-0.25, -0.2) is 4.79 Å². The molecule has 1 rings (SSSR count). The van der Waals surface area contributed by atoms with Gasteiger partial charge in [-0.05, 0) is 25.5 Å². The van der Waals surface area contributed by atoms with Gasteiger partial charge in [0.1, 0.15) is 6.61 Å². The van der Waals surface area contributed by atoms with Crippen LogP contribution in [-0.4, -0.2) is 11.6 Å². The minimum atomic E-state index is -0.518. The molecule has 1 amide bonds. The molecule has 0 fully saturated rings. The molecule has 0 aliphatic heterocycles. The number of halogens is 1. The average Bonchev–Trinajstić information content (AvgIpc) is 2.27. The predicted molar refractivity (Wildman–Crippen MR) is 68.8 cm³/mol. The molecule has 1 aromatic rings. The maximum Gasteiger partial charge on any atom is 0.408 e. The van der Waals surface area contributed by atoms with Crippen molar-refractivity contribution in [3.8, 4) is 0 Å². The summed E-state index contributed by atoms with van der Waals surface area (Å²) in [4.78, 5) is 11.5. The Labute approximate surface area is 106 Å². The molecule has 0 bridgehead atoms. The highest BCUT2D eigenvalue weighted by Gasteiger charge is 2.17. The summed E-state index contributed by atoms with van der Waals surface area (Å²) in [5.41, 5.74) is 1.81. The van der Waals surface area contributed by atoms with Gasteiger partial charge < -0.3 is 10.1 Å². The summed E-state index contributed by atoms with van der Waals surface area (Å²) < 4.78 is 5.08. The van der Waals surface area contributed by atoms with Crippen molar-refractivity contribution in [1.82, 2.24) is 5.32 Å². The van der Waals surface area contributed by atoms with Gasteiger partial charge in [-0.3, -0.25) is 0 Å². The Morgan fingerprint density at radius 2 is 2.06 bits per heavy atom. The molecule has 17 heavy (non-hydrogen) atoms. The summed E-state index contributed by atoms with van der Waals surface area (Å²) in [7, 11) is 0. The normalized spacial score (nSPS) is 11.5. The van der Waals surface area contributed by atoms with E-state index in [1.807, 2.05) is 44.2 Å². The van der Waals surface area contributed by atoms with Gasteiger partial charge in [0.25, 0.3) is 0 Å². The minimum Gasteiger partial charge on any atom is -0.445 e. The van der Waals surface area contributed by atoms with E-state index in [0.29, 0.717) is 0 Å². The fraction of sp³-hybridized carbons (Fsp3) is 0.308. The first kappa shape index (κ1) is 13.6. The van der Waals surface area contributed by atoms with Crippen molar-refractivity contribution >= 4 is 17.7 Å². The molecule has 0 saturated carbocycles. The zero-order valence-electron chi connectivity index (χ0n) is 9.94. The van der Waals surface area contributed by atoms with E-state index in [2.05, 4.69) is 5.32 Å². The van der Waals surface area contributed by atoms with Crippen molar-refractivity contribution in [3.05, 3.63) is 47.5 Å². The van der Waals surface area contributed by atoms with Gasteiger partial charge in [0, 0.05) is 5.54 Å². The maximum atomic E-state index is 11.5. The fourth-order valence-corrected chi connectivity index (χ4v) is 1.54. The SMILES string of the molecule is CC(C)(/C=C/Cl)NC(=O)OCc1ccccc1. The van der Waals surface area contributed by atoms with Crippen molar-refractivity contribution in [2.75, 3.05) is 0 Å². The van der Waals surface area contributed by atoms with Crippen molar-refractivity contribution < 1.29 is 9.53 Å². The van der Waals surface area contributed by atoms with Gasteiger partial charge in [-0.15, -0.1) is 0 Å². The van der Waals surface area contributed by atoms with Crippen LogP contribution in [0.15, 0.2) is 41.9 Å². The predicted octanol–water partition coefficient (Wildman–Crippen LogP) is 3.44. The van der Waals surface area contributed by atoms with Crippen LogP contribution in [0.2, 0.25) is 0 Å². The quantitative estimate of drug-likeness (QED) is 0.893. The first-order valence-electron chi connectivity index (χ1n) is 5.30. The lowest BCUT2D eigenvalue weighted by Gasteiger charge is -2.21. The third-order valence-electron chi connectivity index (χ3n) is 2.12. The van der Waals surface area contributed by atoms with Crippen LogP contribution < -0.4 is 5.32 Å². The topological polar surface area (TPSA) is 38.3 Å². The zero-order valence-corrected chi connectivity index (χ0v) is 10.7. The lowest BCUT2D eigenvalue weighted by Crippen LogP contribution is -2.41. The molecule has 0 aromatic heterocycles. The van der Waals surface area contributed by atoms with Crippen molar-refractivity contribution in [1.29, 1.82) is 0 Å². The molecule has 92 valence electrons. The standard InChI is InChI=1S/C13H16ClNO2/c1-13(2,8-9-14)15-12(16)17-10-11-6-4-3-5-7-11/h3-9H,10H2,1-2H3,(H,15,16)/b9-8+. The third kappa shape index (κ3) is 5.41. The van der Waals surface area contributed by atoms with E-state index in [1.54, 1.807) is 6.08 Å². The molecule has 0 atom stereocenters. The highest BCUT2D eigenvalue weighted by molar-refractivity contribution is 6.25. The van der Waals surface area contributed by atoms with E-state index in [4.69, 9.17) is 16.3 Å². The van der Waals surface area contributed by atoms with E-state index < -0.39 is 11.6 Å². The molecule has 4 heteroatoms. The number of ether oxygens (including phenoxy) is 1. The molecule has 0 heterocycles. The summed E-state index contributed by atoms with van der Waals surface area (Å²) in [6, 6.07) is 9.51. The van der Waals surface area contributed by atoms with Crippen LogP contribution in [0.1, 0.15) is 19.4 Å². The number of nitrogens with one attached hydrogen (secondary N) is 1. The maximum absolute atomic E-state index is 11.5. The molecule has 0 radical (unpaired) electrons. The molecule has 1 aromatic carbocycles. The van der Waals surface area contributed by atoms with E-state index >= 15 is 0 Å². The van der Waals surface area contributed by atoms with Crippen molar-refractivity contribution in [2.24, 2.45) is 0 Å². The van der Waals surface area contributed by atoms with Crippen LogP contribution in [0.25, 0.3) is 0 Å². The lowest BCUT2D eigenvalue weighted by molar-refractivity contribution is 0.133. The Hall–Kier alpha value is -1.48. The Balaban J connectivity index is 2.41. The Morgan fingerprint density at radius 1 is 1.41 bits per heavy atom. The second-order valence-corrected chi connectivity index (χ2v) is 4.45. The van der Waals surface area contributed by atoms with Crippen LogP contribution in [0.3, 0.4) is 0 Å². The number of carbonyl (C=O) groups is 1. The molecular formula is C13H16ClNO2. The van der Waals surface area contributed by atoms with Gasteiger partial charge in [0.15, 0.2) is 0 Å². The smallest absolute Gasteiger partial charge is 0.408 e. The van der Waals surface area contributed by atoms with Gasteiger partial charge in [0.05, 0.1) is 5.54 Å². The summed E-state index contributed by atoms with van der Waals surface area (Å²) >= 11 is 5.47. The van der Waals surface area contributed by atoms with E-state index in [0.717, 1.165) is 5.56 Å². The number of rotatable bonds is 4. The second-order valence-electron chi connectivity index (χ2n) is 4.20. The first-order valence-corrected chi connectivity index (χ1v) is 5.74. The van der Waals surface area contributed by atoms with Crippen LogP contribution in [-0.2, 0) is 11.3 Å². The van der Waals surface area contributed by atoms with Gasteiger partial charge in [-0.2, -0.15) is 0 Å². The summed E-state index contributed by atoms with van der Waals surface area (Å²) in [6.07, 6.45) is 1.21. The third-order valence-corrected chi connectivity index (χ3v) is 2.24. The number of amides is 1. The lowest BCUT2D eigenvalue weighted by atomic mass is 10.1. The Kier molecular flexibility index (Phi) is 5.04. The molecule has 0 spiro atoms. The zero-order chi connectivity index (χ0) is 12.7. The number of carbonyl (C=O) groups excluding carboxylic acids is 1. The van der Waals surface area contributed by atoms with Crippen LogP contribution in [0.4, 0.5) is 4.79 Å². The Morgan fingerprint density at radius 3 is 2.65 bits per heavy atom. The van der Waals surface area contributed by atoms with Crippen LogP contribution in [0.5, 0.6) is 0 Å². The second kappa shape index (κ2) is 6.30. The van der Waals surface area contributed by atoms with E-state index in [-0.39, 0.29) is 6.61 Å². The van der Waals surface area contributed by atoms with Gasteiger partial charge in [-0.1, -0.05) is 41.9 Å². The fourth-order valence-electron chi connectivity index (χ4n) is 1.22. The molecule has 0 aliphatic rings. The number of benzene rings is 1. The molecule has 3 nitrogen and oxygen atoms in total. The highest BCUT2D eigenvalue weighted by Crippen LogP contribution is 2.06.